The predicted octanol–water partition coefficient (Wildman–Crippen LogP) is 2.30. The lowest BCUT2D eigenvalue weighted by atomic mass is 10.1. The monoisotopic (exact) mass is 402 g/mol. The van der Waals surface area contributed by atoms with Crippen LogP contribution in [0.5, 0.6) is 0 Å². The first-order chi connectivity index (χ1) is 13.5. The molecule has 3 heterocycles. The van der Waals surface area contributed by atoms with Crippen LogP contribution in [0.4, 0.5) is 10.1 Å². The molecule has 7 nitrogen and oxygen atoms in total. The normalized spacial score (nSPS) is 16.7. The van der Waals surface area contributed by atoms with Crippen LogP contribution in [-0.2, 0) is 4.74 Å². The Morgan fingerprint density at radius 2 is 2.29 bits per heavy atom. The average molecular weight is 402 g/mol. The van der Waals surface area contributed by atoms with Crippen LogP contribution in [0.1, 0.15) is 23.7 Å². The molecule has 0 spiro atoms. The number of benzene rings is 1. The number of anilines is 1. The van der Waals surface area contributed by atoms with Crippen LogP contribution < -0.4 is 16.1 Å². The van der Waals surface area contributed by atoms with E-state index in [2.05, 4.69) is 4.98 Å². The van der Waals surface area contributed by atoms with Crippen molar-refractivity contribution in [3.63, 3.8) is 0 Å². The highest BCUT2D eigenvalue weighted by atomic mass is 32.1. The smallest absolute Gasteiger partial charge is 0.343 e. The third-order valence-electron chi connectivity index (χ3n) is 4.76. The molecule has 1 aliphatic rings. The van der Waals surface area contributed by atoms with Gasteiger partial charge in [-0.3, -0.25) is 9.36 Å². The first-order valence-electron chi connectivity index (χ1n) is 8.96. The van der Waals surface area contributed by atoms with Gasteiger partial charge in [0.1, 0.15) is 11.4 Å². The zero-order valence-corrected chi connectivity index (χ0v) is 16.0. The second-order valence-electron chi connectivity index (χ2n) is 6.59. The van der Waals surface area contributed by atoms with E-state index in [4.69, 9.17) is 10.5 Å². The highest BCUT2D eigenvalue weighted by molar-refractivity contribution is 7.12. The van der Waals surface area contributed by atoms with E-state index in [1.807, 2.05) is 4.90 Å². The van der Waals surface area contributed by atoms with Crippen LogP contribution in [0, 0.1) is 5.82 Å². The summed E-state index contributed by atoms with van der Waals surface area (Å²) in [5.74, 6) is -1.26. The first kappa shape index (κ1) is 18.6. The van der Waals surface area contributed by atoms with E-state index in [-0.39, 0.29) is 23.6 Å². The third-order valence-corrected chi connectivity index (χ3v) is 5.53. The minimum atomic E-state index is -0.741. The number of carbonyl (C=O) groups excluding carboxylic acids is 1. The lowest BCUT2D eigenvalue weighted by Gasteiger charge is -2.20. The molecule has 0 amide bonds. The van der Waals surface area contributed by atoms with E-state index in [1.165, 1.54) is 23.6 Å². The van der Waals surface area contributed by atoms with E-state index >= 15 is 0 Å². The number of hydrogen-bond acceptors (Lipinski definition) is 7. The van der Waals surface area contributed by atoms with Crippen molar-refractivity contribution >= 4 is 33.9 Å². The van der Waals surface area contributed by atoms with Crippen LogP contribution in [-0.4, -0.2) is 41.3 Å². The molecule has 1 unspecified atom stereocenters. The molecule has 1 atom stereocenters. The molecule has 0 radical (unpaired) electrons. The van der Waals surface area contributed by atoms with Gasteiger partial charge in [-0.05, 0) is 25.5 Å². The number of thiazole rings is 1. The summed E-state index contributed by atoms with van der Waals surface area (Å²) in [6.45, 7) is 2.98. The number of fused-ring (bicyclic) bond motifs is 1. The van der Waals surface area contributed by atoms with Crippen LogP contribution in [0.2, 0.25) is 0 Å². The Bertz CT molecular complexity index is 1100. The van der Waals surface area contributed by atoms with Gasteiger partial charge >= 0.3 is 5.97 Å². The van der Waals surface area contributed by atoms with Gasteiger partial charge in [0, 0.05) is 36.9 Å². The van der Waals surface area contributed by atoms with Crippen molar-refractivity contribution in [2.45, 2.75) is 19.4 Å². The van der Waals surface area contributed by atoms with Gasteiger partial charge in [0.05, 0.1) is 23.2 Å². The molecule has 2 aromatic heterocycles. The van der Waals surface area contributed by atoms with E-state index in [1.54, 1.807) is 29.1 Å². The summed E-state index contributed by atoms with van der Waals surface area (Å²) in [7, 11) is 0. The van der Waals surface area contributed by atoms with Crippen molar-refractivity contribution in [2.24, 2.45) is 5.73 Å². The van der Waals surface area contributed by atoms with Gasteiger partial charge in [0.15, 0.2) is 5.13 Å². The maximum atomic E-state index is 14.9. The Kier molecular flexibility index (Phi) is 4.86. The van der Waals surface area contributed by atoms with Gasteiger partial charge in [0.25, 0.3) is 0 Å². The molecule has 3 aromatic rings. The van der Waals surface area contributed by atoms with Gasteiger partial charge in [-0.2, -0.15) is 0 Å². The molecule has 2 N–H and O–H groups in total. The predicted molar refractivity (Wildman–Crippen MR) is 106 cm³/mol. The minimum absolute atomic E-state index is 0.0116. The maximum absolute atomic E-state index is 14.9. The van der Waals surface area contributed by atoms with E-state index < -0.39 is 17.2 Å². The Labute approximate surface area is 164 Å². The molecule has 28 heavy (non-hydrogen) atoms. The number of halogens is 1. The van der Waals surface area contributed by atoms with Crippen molar-refractivity contribution in [1.29, 1.82) is 0 Å². The third kappa shape index (κ3) is 3.16. The quantitative estimate of drug-likeness (QED) is 0.674. The number of esters is 1. The molecule has 146 valence electrons. The van der Waals surface area contributed by atoms with Crippen molar-refractivity contribution in [2.75, 3.05) is 24.6 Å². The SMILES string of the molecule is CCOC(=O)c1cn(-c2nccs2)c2cc(N3CCC(N)C3)c(F)cc2c1=O. The second kappa shape index (κ2) is 7.33. The molecule has 0 bridgehead atoms. The van der Waals surface area contributed by atoms with Crippen LogP contribution in [0.3, 0.4) is 0 Å². The summed E-state index contributed by atoms with van der Waals surface area (Å²) >= 11 is 1.34. The largest absolute Gasteiger partial charge is 0.462 e. The molecule has 4 rings (SSSR count). The first-order valence-corrected chi connectivity index (χ1v) is 9.84. The molecule has 0 aliphatic carbocycles. The Morgan fingerprint density at radius 1 is 1.46 bits per heavy atom. The fourth-order valence-corrected chi connectivity index (χ4v) is 4.06. The summed E-state index contributed by atoms with van der Waals surface area (Å²) in [5.41, 5.74) is 6.10. The second-order valence-corrected chi connectivity index (χ2v) is 7.47. The number of carbonyl (C=O) groups is 1. The van der Waals surface area contributed by atoms with Crippen molar-refractivity contribution in [3.8, 4) is 5.13 Å². The average Bonchev–Trinajstić information content (AvgIpc) is 3.34. The number of aromatic nitrogens is 2. The van der Waals surface area contributed by atoms with Crippen LogP contribution in [0.25, 0.3) is 16.0 Å². The topological polar surface area (TPSA) is 90.5 Å². The van der Waals surface area contributed by atoms with E-state index in [0.29, 0.717) is 29.4 Å². The van der Waals surface area contributed by atoms with Crippen molar-refractivity contribution in [3.05, 3.63) is 51.5 Å². The van der Waals surface area contributed by atoms with E-state index in [0.717, 1.165) is 6.42 Å². The molecule has 1 saturated heterocycles. The van der Waals surface area contributed by atoms with Gasteiger partial charge in [-0.15, -0.1) is 11.3 Å². The number of ether oxygens (including phenoxy) is 1. The molecular formula is C19H19FN4O3S. The highest BCUT2D eigenvalue weighted by Gasteiger charge is 2.25. The van der Waals surface area contributed by atoms with Crippen molar-refractivity contribution < 1.29 is 13.9 Å². The summed E-state index contributed by atoms with van der Waals surface area (Å²) in [4.78, 5) is 31.3. The van der Waals surface area contributed by atoms with E-state index in [9.17, 15) is 14.0 Å². The lowest BCUT2D eigenvalue weighted by Crippen LogP contribution is -2.27. The maximum Gasteiger partial charge on any atom is 0.343 e. The molecule has 1 fully saturated rings. The number of nitrogens with zero attached hydrogens (tertiary/aromatic N) is 3. The van der Waals surface area contributed by atoms with Gasteiger partial charge in [0.2, 0.25) is 5.43 Å². The zero-order valence-electron chi connectivity index (χ0n) is 15.2. The summed E-state index contributed by atoms with van der Waals surface area (Å²) in [6, 6.07) is 2.80. The Balaban J connectivity index is 1.97. The number of rotatable bonds is 4. The number of pyridine rings is 1. The summed E-state index contributed by atoms with van der Waals surface area (Å²) < 4.78 is 21.5. The Hall–Kier alpha value is -2.78. The zero-order chi connectivity index (χ0) is 19.8. The minimum Gasteiger partial charge on any atom is -0.462 e. The standard InChI is InChI=1S/C19H19FN4O3S/c1-2-27-18(26)13-10-24(19-22-4-6-28-19)15-8-16(23-5-3-11(21)9-23)14(20)7-12(15)17(13)25/h4,6-8,10-11H,2-3,5,9,21H2,1H3. The molecule has 1 aliphatic heterocycles. The summed E-state index contributed by atoms with van der Waals surface area (Å²) in [5, 5.41) is 2.45. The van der Waals surface area contributed by atoms with Gasteiger partial charge < -0.3 is 15.4 Å². The summed E-state index contributed by atoms with van der Waals surface area (Å²) in [6.07, 6.45) is 3.81. The fourth-order valence-electron chi connectivity index (χ4n) is 3.43. The molecule has 9 heteroatoms. The van der Waals surface area contributed by atoms with Crippen molar-refractivity contribution in [1.82, 2.24) is 9.55 Å². The molecule has 0 saturated carbocycles. The Morgan fingerprint density at radius 3 is 2.93 bits per heavy atom. The lowest BCUT2D eigenvalue weighted by molar-refractivity contribution is 0.0524. The van der Waals surface area contributed by atoms with Crippen LogP contribution in [0.15, 0.2) is 34.7 Å². The molecular weight excluding hydrogens is 383 g/mol. The number of hydrogen-bond donors (Lipinski definition) is 1. The fraction of sp³-hybridized carbons (Fsp3) is 0.316. The highest BCUT2D eigenvalue weighted by Crippen LogP contribution is 2.29. The van der Waals surface area contributed by atoms with Crippen LogP contribution >= 0.6 is 11.3 Å². The van der Waals surface area contributed by atoms with Gasteiger partial charge in [-0.1, -0.05) is 0 Å². The molecule has 1 aromatic carbocycles. The number of nitrogens with two attached hydrogens (primary N) is 1. The van der Waals surface area contributed by atoms with Gasteiger partial charge in [-0.25, -0.2) is 14.2 Å².